The Hall–Kier alpha value is -2.00. The molecule has 226 valence electrons. The van der Waals surface area contributed by atoms with E-state index in [0.29, 0.717) is 6.42 Å². The van der Waals surface area contributed by atoms with Crippen molar-refractivity contribution >= 4 is 11.9 Å². The molecule has 7 N–H and O–H groups in total. The van der Waals surface area contributed by atoms with E-state index in [0.717, 1.165) is 25.7 Å². The highest BCUT2D eigenvalue weighted by Crippen LogP contribution is 2.30. The highest BCUT2D eigenvalue weighted by molar-refractivity contribution is 5.89. The minimum absolute atomic E-state index is 0.0124. The largest absolute Gasteiger partial charge is 0.505 e. The first kappa shape index (κ1) is 33.2. The van der Waals surface area contributed by atoms with Crippen LogP contribution in [0, 0.1) is 0 Å². The summed E-state index contributed by atoms with van der Waals surface area (Å²) in [7, 11) is 0. The zero-order valence-corrected chi connectivity index (χ0v) is 22.4. The highest BCUT2D eigenvalue weighted by Gasteiger charge is 2.49. The first-order valence-electron chi connectivity index (χ1n) is 13.8. The summed E-state index contributed by atoms with van der Waals surface area (Å²) in [6.07, 6.45) is -2.43. The predicted octanol–water partition coefficient (Wildman–Crippen LogP) is 0.422. The van der Waals surface area contributed by atoms with Gasteiger partial charge in [0.05, 0.1) is 6.61 Å². The fourth-order valence-corrected chi connectivity index (χ4v) is 4.43. The van der Waals surface area contributed by atoms with Gasteiger partial charge in [-0.2, -0.15) is 0 Å². The van der Waals surface area contributed by atoms with Gasteiger partial charge < -0.3 is 54.7 Å². The summed E-state index contributed by atoms with van der Waals surface area (Å²) in [5.41, 5.74) is 0. The van der Waals surface area contributed by atoms with Crippen molar-refractivity contribution in [2.75, 3.05) is 6.61 Å². The van der Waals surface area contributed by atoms with Gasteiger partial charge in [0, 0.05) is 6.42 Å². The molecule has 0 radical (unpaired) electrons. The number of ether oxygens (including phenoxy) is 4. The molecule has 1 fully saturated rings. The zero-order valence-electron chi connectivity index (χ0n) is 22.4. The highest BCUT2D eigenvalue weighted by atomic mass is 16.7. The second-order valence-corrected chi connectivity index (χ2v) is 10.0. The monoisotopic (exact) mass is 564 g/mol. The summed E-state index contributed by atoms with van der Waals surface area (Å²) in [4.78, 5) is 24.2. The van der Waals surface area contributed by atoms with E-state index >= 15 is 0 Å². The molecule has 0 amide bonds. The van der Waals surface area contributed by atoms with Gasteiger partial charge in [-0.25, -0.2) is 4.79 Å². The van der Waals surface area contributed by atoms with Crippen molar-refractivity contribution in [3.05, 3.63) is 11.5 Å². The van der Waals surface area contributed by atoms with Crippen LogP contribution in [0.1, 0.15) is 84.0 Å². The Balaban J connectivity index is 1.74. The Kier molecular flexibility index (Phi) is 14.4. The number of carbonyl (C=O) groups excluding carboxylic acids is 2. The first-order chi connectivity index (χ1) is 18.6. The Labute approximate surface area is 227 Å². The van der Waals surface area contributed by atoms with Crippen molar-refractivity contribution in [2.24, 2.45) is 0 Å². The molecule has 0 aromatic carbocycles. The maximum Gasteiger partial charge on any atom is 0.378 e. The molecule has 2 rings (SSSR count). The van der Waals surface area contributed by atoms with Crippen LogP contribution in [0.4, 0.5) is 0 Å². The molecule has 0 bridgehead atoms. The van der Waals surface area contributed by atoms with Crippen LogP contribution in [-0.4, -0.2) is 103 Å². The Morgan fingerprint density at radius 2 is 1.46 bits per heavy atom. The lowest BCUT2D eigenvalue weighted by Crippen LogP contribution is -2.59. The van der Waals surface area contributed by atoms with Crippen LogP contribution >= 0.6 is 0 Å². The summed E-state index contributed by atoms with van der Waals surface area (Å²) < 4.78 is 19.8. The number of hydrogen-bond acceptors (Lipinski definition) is 13. The van der Waals surface area contributed by atoms with Gasteiger partial charge in [-0.1, -0.05) is 71.1 Å². The van der Waals surface area contributed by atoms with E-state index in [9.17, 15) is 45.3 Å². The van der Waals surface area contributed by atoms with E-state index < -0.39 is 79.3 Å². The minimum Gasteiger partial charge on any atom is -0.505 e. The van der Waals surface area contributed by atoms with Crippen LogP contribution in [-0.2, 0) is 28.5 Å². The van der Waals surface area contributed by atoms with E-state index in [1.165, 1.54) is 38.5 Å². The van der Waals surface area contributed by atoms with E-state index in [-0.39, 0.29) is 6.42 Å². The fraction of sp³-hybridized carbons (Fsp3) is 0.846. The van der Waals surface area contributed by atoms with Gasteiger partial charge in [0.25, 0.3) is 0 Å². The molecule has 2 heterocycles. The lowest BCUT2D eigenvalue weighted by molar-refractivity contribution is -0.291. The number of hydrogen-bond donors (Lipinski definition) is 7. The van der Waals surface area contributed by atoms with Crippen molar-refractivity contribution in [1.29, 1.82) is 0 Å². The second kappa shape index (κ2) is 17.0. The number of cyclic esters (lactones) is 1. The van der Waals surface area contributed by atoms with Crippen LogP contribution in [0.5, 0.6) is 0 Å². The van der Waals surface area contributed by atoms with Gasteiger partial charge in [-0.05, 0) is 6.42 Å². The van der Waals surface area contributed by atoms with E-state index in [1.54, 1.807) is 0 Å². The molecule has 0 aliphatic carbocycles. The number of aliphatic hydroxyl groups excluding tert-OH is 7. The van der Waals surface area contributed by atoms with Crippen LogP contribution in [0.15, 0.2) is 11.5 Å². The van der Waals surface area contributed by atoms with Crippen LogP contribution in [0.25, 0.3) is 0 Å². The lowest BCUT2D eigenvalue weighted by Gasteiger charge is -2.39. The number of rotatable bonds is 18. The minimum atomic E-state index is -2.13. The van der Waals surface area contributed by atoms with Crippen LogP contribution in [0.3, 0.4) is 0 Å². The number of unbranched alkanes of at least 4 members (excludes halogenated alkanes) is 10. The predicted molar refractivity (Wildman–Crippen MR) is 134 cm³/mol. The number of aliphatic hydroxyl groups is 7. The number of esters is 2. The Morgan fingerprint density at radius 1 is 0.897 bits per heavy atom. The van der Waals surface area contributed by atoms with E-state index in [1.807, 2.05) is 0 Å². The molecule has 0 aromatic rings. The van der Waals surface area contributed by atoms with Crippen molar-refractivity contribution in [3.63, 3.8) is 0 Å². The molecule has 13 heteroatoms. The quantitative estimate of drug-likeness (QED) is 0.0684. The summed E-state index contributed by atoms with van der Waals surface area (Å²) in [6, 6.07) is 0. The summed E-state index contributed by atoms with van der Waals surface area (Å²) in [5.74, 6) is -3.95. The Bertz CT molecular complexity index is 786. The maximum atomic E-state index is 12.2. The molecular weight excluding hydrogens is 520 g/mol. The van der Waals surface area contributed by atoms with Crippen molar-refractivity contribution < 1.29 is 64.3 Å². The molecule has 13 nitrogen and oxygen atoms in total. The van der Waals surface area contributed by atoms with Crippen molar-refractivity contribution in [1.82, 2.24) is 0 Å². The van der Waals surface area contributed by atoms with Crippen molar-refractivity contribution in [3.8, 4) is 0 Å². The lowest BCUT2D eigenvalue weighted by atomic mass is 9.99. The van der Waals surface area contributed by atoms with Gasteiger partial charge in [0.1, 0.15) is 24.4 Å². The molecule has 2 aliphatic heterocycles. The second-order valence-electron chi connectivity index (χ2n) is 10.0. The van der Waals surface area contributed by atoms with Crippen LogP contribution in [0.2, 0.25) is 0 Å². The maximum absolute atomic E-state index is 12.2. The van der Waals surface area contributed by atoms with E-state index in [4.69, 9.17) is 18.9 Å². The first-order valence-corrected chi connectivity index (χ1v) is 13.8. The summed E-state index contributed by atoms with van der Waals surface area (Å²) >= 11 is 0. The third-order valence-corrected chi connectivity index (χ3v) is 6.84. The van der Waals surface area contributed by atoms with Gasteiger partial charge in [0.15, 0.2) is 18.0 Å². The third-order valence-electron chi connectivity index (χ3n) is 6.84. The molecule has 2 aliphatic rings. The standard InChI is InChI=1S/C26H44O13/c1-2-3-4-5-6-7-8-9-10-11-12-13-16(28)37-24(34)21(33)22-20(32)23(25(35)38-22)39-26-19(31)18(30)17(29)15(14-27)36-26/h15,17-19,21-22,24,26-27,29-34H,2-14H2,1H3/t15-,17-,18+,19-,21-,22+,24?,26?/m1/s1. The molecule has 0 aromatic heterocycles. The molecule has 2 unspecified atom stereocenters. The third kappa shape index (κ3) is 9.85. The molecule has 0 spiro atoms. The van der Waals surface area contributed by atoms with E-state index in [2.05, 4.69) is 6.92 Å². The fourth-order valence-electron chi connectivity index (χ4n) is 4.43. The summed E-state index contributed by atoms with van der Waals surface area (Å²) in [5, 5.41) is 69.7. The molecule has 8 atom stereocenters. The molecular formula is C26H44O13. The smallest absolute Gasteiger partial charge is 0.378 e. The zero-order chi connectivity index (χ0) is 28.9. The van der Waals surface area contributed by atoms with Gasteiger partial charge >= 0.3 is 11.9 Å². The van der Waals surface area contributed by atoms with Gasteiger partial charge in [-0.3, -0.25) is 4.79 Å². The molecule has 0 saturated carbocycles. The molecule has 39 heavy (non-hydrogen) atoms. The average molecular weight is 565 g/mol. The average Bonchev–Trinajstić information content (AvgIpc) is 3.19. The van der Waals surface area contributed by atoms with Gasteiger partial charge in [-0.15, -0.1) is 0 Å². The van der Waals surface area contributed by atoms with Crippen molar-refractivity contribution in [2.45, 2.75) is 133 Å². The Morgan fingerprint density at radius 3 is 2.03 bits per heavy atom. The summed E-state index contributed by atoms with van der Waals surface area (Å²) in [6.45, 7) is 1.44. The topological polar surface area (TPSA) is 213 Å². The van der Waals surface area contributed by atoms with Gasteiger partial charge in [0.2, 0.25) is 18.3 Å². The number of carbonyl (C=O) groups is 2. The van der Waals surface area contributed by atoms with Crippen LogP contribution < -0.4 is 0 Å². The SMILES string of the molecule is CCCCCCCCCCCCCC(=O)OC(O)[C@H](O)[C@H]1OC(=O)C(OC2O[C@H](CO)[C@@H](O)[C@H](O)[C@H]2O)=C1O. The molecule has 1 saturated heterocycles. The normalized spacial score (nSPS) is 28.7.